The van der Waals surface area contributed by atoms with Crippen LogP contribution in [0.1, 0.15) is 57.1 Å². The number of carboxylic acids is 1. The maximum atomic E-state index is 14.0. The molecule has 0 spiro atoms. The third kappa shape index (κ3) is 7.22. The van der Waals surface area contributed by atoms with Crippen molar-refractivity contribution in [1.82, 2.24) is 9.80 Å². The molecule has 0 saturated carbocycles. The average Bonchev–Trinajstić information content (AvgIpc) is 3.62. The summed E-state index contributed by atoms with van der Waals surface area (Å²) >= 11 is 0. The average molecular weight is 597 g/mol. The molecular formula is C32H44N4O7. The van der Waals surface area contributed by atoms with Crippen molar-refractivity contribution < 1.29 is 33.7 Å². The highest BCUT2D eigenvalue weighted by molar-refractivity contribution is 5.95. The Morgan fingerprint density at radius 3 is 2.58 bits per heavy atom. The summed E-state index contributed by atoms with van der Waals surface area (Å²) in [4.78, 5) is 44.6. The number of methoxy groups -OCH3 is 1. The maximum Gasteiger partial charge on any atom is 0.308 e. The minimum Gasteiger partial charge on any atom is -0.493 e. The molecule has 1 saturated heterocycles. The Hall–Kier alpha value is -3.83. The van der Waals surface area contributed by atoms with E-state index in [-0.39, 0.29) is 25.2 Å². The first-order valence-electron chi connectivity index (χ1n) is 15.0. The van der Waals surface area contributed by atoms with Gasteiger partial charge in [0.2, 0.25) is 24.4 Å². The van der Waals surface area contributed by atoms with Gasteiger partial charge in [-0.15, -0.1) is 0 Å². The lowest BCUT2D eigenvalue weighted by molar-refractivity contribution is -0.143. The predicted octanol–water partition coefficient (Wildman–Crippen LogP) is 3.44. The van der Waals surface area contributed by atoms with Crippen molar-refractivity contribution in [2.45, 2.75) is 58.5 Å². The van der Waals surface area contributed by atoms with Gasteiger partial charge in [-0.25, -0.2) is 0 Å². The number of carbonyl (C=O) groups excluding carboxylic acids is 2. The topological polar surface area (TPSA) is 135 Å². The van der Waals surface area contributed by atoms with Gasteiger partial charge in [-0.2, -0.15) is 0 Å². The number of hydrogen-bond acceptors (Lipinski definition) is 8. The molecule has 2 heterocycles. The minimum absolute atomic E-state index is 0.0371. The first kappa shape index (κ1) is 32.1. The van der Waals surface area contributed by atoms with E-state index in [2.05, 4.69) is 6.92 Å². The standard InChI is InChI=1S/C32H44N4O7/c1-5-7-12-36(24-10-8-9-22(14-24)17-33)29(38)19-35-18-25(23-15-27(41-4)31-28(16-23)42-20-43-31)30(32(39)40)26(35)11-13-34(6-2)21(3)37/h8-10,14-16,25-26,30H,5-7,11-13,17-20,33H2,1-4H3,(H,39,40)/t25-,26+,30-/m1/s1. The lowest BCUT2D eigenvalue weighted by Gasteiger charge is -2.31. The summed E-state index contributed by atoms with van der Waals surface area (Å²) in [6.07, 6.45) is 2.15. The quantitative estimate of drug-likeness (QED) is 0.336. The zero-order valence-electron chi connectivity index (χ0n) is 25.6. The van der Waals surface area contributed by atoms with Crippen LogP contribution in [0, 0.1) is 5.92 Å². The molecule has 3 N–H and O–H groups in total. The first-order chi connectivity index (χ1) is 20.7. The second-order valence-corrected chi connectivity index (χ2v) is 11.1. The number of amides is 2. The molecule has 0 aromatic heterocycles. The number of hydrogen-bond donors (Lipinski definition) is 2. The van der Waals surface area contributed by atoms with Crippen LogP contribution in [-0.2, 0) is 20.9 Å². The fraction of sp³-hybridized carbons (Fsp3) is 0.531. The van der Waals surface area contributed by atoms with Crippen LogP contribution in [0.25, 0.3) is 0 Å². The smallest absolute Gasteiger partial charge is 0.308 e. The van der Waals surface area contributed by atoms with Crippen LogP contribution in [0.3, 0.4) is 0 Å². The van der Waals surface area contributed by atoms with E-state index in [4.69, 9.17) is 19.9 Å². The second-order valence-electron chi connectivity index (χ2n) is 11.1. The molecular weight excluding hydrogens is 552 g/mol. The van der Waals surface area contributed by atoms with Crippen molar-refractivity contribution >= 4 is 23.5 Å². The highest BCUT2D eigenvalue weighted by atomic mass is 16.7. The molecule has 2 aromatic rings. The number of likely N-dealkylation sites (tertiary alicyclic amines) is 1. The number of carboxylic acid groups (broad SMARTS) is 1. The number of nitrogens with two attached hydrogens (primary N) is 1. The van der Waals surface area contributed by atoms with E-state index >= 15 is 0 Å². The van der Waals surface area contributed by atoms with Crippen LogP contribution >= 0.6 is 0 Å². The lowest BCUT2D eigenvalue weighted by atomic mass is 9.84. The molecule has 43 heavy (non-hydrogen) atoms. The Kier molecular flexibility index (Phi) is 10.9. The number of anilines is 1. The van der Waals surface area contributed by atoms with E-state index in [0.29, 0.717) is 56.4 Å². The molecule has 1 fully saturated rings. The molecule has 2 aliphatic rings. The normalized spacial score (nSPS) is 19.3. The lowest BCUT2D eigenvalue weighted by Crippen LogP contribution is -2.46. The summed E-state index contributed by atoms with van der Waals surface area (Å²) in [7, 11) is 1.53. The third-order valence-corrected chi connectivity index (χ3v) is 8.50. The Morgan fingerprint density at radius 1 is 1.14 bits per heavy atom. The van der Waals surface area contributed by atoms with Crippen LogP contribution in [0.4, 0.5) is 5.69 Å². The molecule has 2 aromatic carbocycles. The highest BCUT2D eigenvalue weighted by Crippen LogP contribution is 2.47. The van der Waals surface area contributed by atoms with Crippen molar-refractivity contribution in [2.75, 3.05) is 51.5 Å². The number of nitrogens with zero attached hydrogens (tertiary/aromatic N) is 3. The van der Waals surface area contributed by atoms with E-state index in [1.165, 1.54) is 14.0 Å². The van der Waals surface area contributed by atoms with Gasteiger partial charge < -0.3 is 34.9 Å². The summed E-state index contributed by atoms with van der Waals surface area (Å²) in [5, 5.41) is 10.6. The number of benzene rings is 2. The zero-order chi connectivity index (χ0) is 31.1. The molecule has 2 amide bonds. The zero-order valence-corrected chi connectivity index (χ0v) is 25.6. The van der Waals surface area contributed by atoms with Crippen molar-refractivity contribution in [3.8, 4) is 17.2 Å². The van der Waals surface area contributed by atoms with Gasteiger partial charge in [-0.3, -0.25) is 19.3 Å². The van der Waals surface area contributed by atoms with Crippen LogP contribution in [-0.4, -0.2) is 85.4 Å². The van der Waals surface area contributed by atoms with Gasteiger partial charge in [0.15, 0.2) is 11.5 Å². The Balaban J connectivity index is 1.69. The molecule has 11 nitrogen and oxygen atoms in total. The number of unbranched alkanes of at least 4 members (excludes halogenated alkanes) is 1. The van der Waals surface area contributed by atoms with E-state index in [1.807, 2.05) is 42.2 Å². The Morgan fingerprint density at radius 2 is 1.93 bits per heavy atom. The molecule has 234 valence electrons. The van der Waals surface area contributed by atoms with Crippen molar-refractivity contribution in [3.05, 3.63) is 47.5 Å². The van der Waals surface area contributed by atoms with Gasteiger partial charge >= 0.3 is 5.97 Å². The molecule has 3 atom stereocenters. The Labute approximate surface area is 253 Å². The first-order valence-corrected chi connectivity index (χ1v) is 15.0. The monoisotopic (exact) mass is 596 g/mol. The van der Waals surface area contributed by atoms with E-state index in [1.54, 1.807) is 15.9 Å². The number of rotatable bonds is 14. The van der Waals surface area contributed by atoms with Gasteiger partial charge in [-0.1, -0.05) is 25.5 Å². The summed E-state index contributed by atoms with van der Waals surface area (Å²) < 4.78 is 16.7. The molecule has 0 aliphatic carbocycles. The van der Waals surface area contributed by atoms with Crippen molar-refractivity contribution in [3.63, 3.8) is 0 Å². The third-order valence-electron chi connectivity index (χ3n) is 8.50. The minimum atomic E-state index is -0.953. The number of aliphatic carboxylic acids is 1. The molecule has 0 bridgehead atoms. The van der Waals surface area contributed by atoms with Crippen molar-refractivity contribution in [2.24, 2.45) is 11.7 Å². The van der Waals surface area contributed by atoms with Gasteiger partial charge in [0.05, 0.1) is 19.6 Å². The van der Waals surface area contributed by atoms with Gasteiger partial charge in [0.25, 0.3) is 0 Å². The molecule has 2 aliphatic heterocycles. The number of fused-ring (bicyclic) bond motifs is 1. The fourth-order valence-corrected chi connectivity index (χ4v) is 6.21. The summed E-state index contributed by atoms with van der Waals surface area (Å²) in [5.74, 6) is -0.943. The van der Waals surface area contributed by atoms with Crippen LogP contribution < -0.4 is 24.8 Å². The maximum absolute atomic E-state index is 14.0. The predicted molar refractivity (Wildman–Crippen MR) is 162 cm³/mol. The fourth-order valence-electron chi connectivity index (χ4n) is 6.21. The van der Waals surface area contributed by atoms with E-state index in [9.17, 15) is 19.5 Å². The van der Waals surface area contributed by atoms with Crippen LogP contribution in [0.15, 0.2) is 36.4 Å². The summed E-state index contributed by atoms with van der Waals surface area (Å²) in [6, 6.07) is 10.8. The van der Waals surface area contributed by atoms with Gasteiger partial charge in [-0.05, 0) is 55.2 Å². The second kappa shape index (κ2) is 14.6. The SMILES string of the molecule is CCCCN(C(=O)CN1C[C@H](c2cc(OC)c3c(c2)OCO3)[C@@H](C(=O)O)[C@@H]1CCN(CC)C(C)=O)c1cccc(CN)c1. The number of carbonyl (C=O) groups is 3. The van der Waals surface area contributed by atoms with Crippen LogP contribution in [0.5, 0.6) is 17.2 Å². The van der Waals surface area contributed by atoms with Crippen molar-refractivity contribution in [1.29, 1.82) is 0 Å². The van der Waals surface area contributed by atoms with E-state index < -0.39 is 23.8 Å². The van der Waals surface area contributed by atoms with Crippen LogP contribution in [0.2, 0.25) is 0 Å². The van der Waals surface area contributed by atoms with Gasteiger partial charge in [0.1, 0.15) is 0 Å². The molecule has 0 radical (unpaired) electrons. The number of ether oxygens (including phenoxy) is 3. The Bertz CT molecular complexity index is 1300. The summed E-state index contributed by atoms with van der Waals surface area (Å²) in [6.45, 7) is 7.73. The molecule has 0 unspecified atom stereocenters. The van der Waals surface area contributed by atoms with Gasteiger partial charge in [0, 0.05) is 57.3 Å². The molecule has 11 heteroatoms. The largest absolute Gasteiger partial charge is 0.493 e. The molecule has 4 rings (SSSR count). The highest BCUT2D eigenvalue weighted by Gasteiger charge is 2.47. The van der Waals surface area contributed by atoms with E-state index in [0.717, 1.165) is 29.7 Å². The summed E-state index contributed by atoms with van der Waals surface area (Å²) in [5.41, 5.74) is 8.33.